The Bertz CT molecular complexity index is 512. The number of nitrogens with zero attached hydrogens (tertiary/aromatic N) is 2. The van der Waals surface area contributed by atoms with Crippen molar-refractivity contribution in [3.8, 4) is 0 Å². The quantitative estimate of drug-likeness (QED) is 0.768. The molecule has 0 radical (unpaired) electrons. The summed E-state index contributed by atoms with van der Waals surface area (Å²) in [5.74, 6) is 1.62. The van der Waals surface area contributed by atoms with Crippen LogP contribution in [0.15, 0.2) is 27.6 Å². The molecule has 2 unspecified atom stereocenters. The summed E-state index contributed by atoms with van der Waals surface area (Å²) in [6.45, 7) is 3.20. The van der Waals surface area contributed by atoms with Crippen LogP contribution in [0.25, 0.3) is 0 Å². The molecule has 20 heavy (non-hydrogen) atoms. The maximum atomic E-state index is 6.54. The summed E-state index contributed by atoms with van der Waals surface area (Å²) in [7, 11) is 0. The van der Waals surface area contributed by atoms with Gasteiger partial charge in [0.15, 0.2) is 0 Å². The summed E-state index contributed by atoms with van der Waals surface area (Å²) in [4.78, 5) is 4.85. The second kappa shape index (κ2) is 4.86. The normalized spacial score (nSPS) is 34.0. The predicted octanol–water partition coefficient (Wildman–Crippen LogP) is 2.49. The number of halogens is 1. The van der Waals surface area contributed by atoms with Gasteiger partial charge in [-0.2, -0.15) is 0 Å². The molecule has 0 aromatic rings. The van der Waals surface area contributed by atoms with Crippen molar-refractivity contribution in [3.05, 3.63) is 22.6 Å². The molecule has 3 heterocycles. The summed E-state index contributed by atoms with van der Waals surface area (Å²) < 4.78 is 0. The number of nitrogens with one attached hydrogen (secondary N) is 2. The molecule has 1 saturated carbocycles. The van der Waals surface area contributed by atoms with Gasteiger partial charge in [-0.1, -0.05) is 18.0 Å². The van der Waals surface area contributed by atoms with E-state index in [9.17, 15) is 0 Å². The zero-order chi connectivity index (χ0) is 13.7. The van der Waals surface area contributed by atoms with E-state index in [1.807, 2.05) is 5.01 Å². The zero-order valence-corrected chi connectivity index (χ0v) is 12.6. The van der Waals surface area contributed by atoms with E-state index in [0.29, 0.717) is 18.0 Å². The fourth-order valence-corrected chi connectivity index (χ4v) is 3.59. The lowest BCUT2D eigenvalue weighted by Crippen LogP contribution is -2.50. The van der Waals surface area contributed by atoms with Crippen LogP contribution in [0.5, 0.6) is 0 Å². The van der Waals surface area contributed by atoms with Crippen molar-refractivity contribution in [1.29, 1.82) is 0 Å². The number of hydrazine groups is 1. The second-order valence-corrected chi connectivity index (χ2v) is 6.62. The molecule has 2 N–H and O–H groups in total. The minimum Gasteiger partial charge on any atom is -0.312 e. The fraction of sp³-hybridized carbons (Fsp3) is 0.667. The predicted molar refractivity (Wildman–Crippen MR) is 81.2 cm³/mol. The SMILES string of the molecule is CC1=C(Cl)N2NC(C3CCCCN3)C=C2N=C1C1CC1. The molecular weight excluding hydrogens is 272 g/mol. The molecule has 0 spiro atoms. The maximum absolute atomic E-state index is 6.54. The van der Waals surface area contributed by atoms with Gasteiger partial charge in [0, 0.05) is 17.5 Å². The Labute approximate surface area is 124 Å². The van der Waals surface area contributed by atoms with Crippen molar-refractivity contribution in [3.63, 3.8) is 0 Å². The van der Waals surface area contributed by atoms with Crippen LogP contribution in [0.4, 0.5) is 0 Å². The molecule has 4 rings (SSSR count). The van der Waals surface area contributed by atoms with Gasteiger partial charge in [0.05, 0.1) is 11.8 Å². The molecule has 5 heteroatoms. The summed E-state index contributed by atoms with van der Waals surface area (Å²) in [5.41, 5.74) is 5.84. The Morgan fingerprint density at radius 3 is 2.85 bits per heavy atom. The highest BCUT2D eigenvalue weighted by atomic mass is 35.5. The number of hydrogen-bond acceptors (Lipinski definition) is 4. The topological polar surface area (TPSA) is 39.7 Å². The molecule has 2 atom stereocenters. The number of aliphatic imine (C=N–C) groups is 1. The van der Waals surface area contributed by atoms with E-state index in [2.05, 4.69) is 23.7 Å². The third-order valence-corrected chi connectivity index (χ3v) is 5.16. The average molecular weight is 293 g/mol. The van der Waals surface area contributed by atoms with E-state index in [4.69, 9.17) is 16.6 Å². The summed E-state index contributed by atoms with van der Waals surface area (Å²) >= 11 is 6.54. The van der Waals surface area contributed by atoms with Gasteiger partial charge in [-0.3, -0.25) is 0 Å². The lowest BCUT2D eigenvalue weighted by Gasteiger charge is -2.31. The van der Waals surface area contributed by atoms with E-state index in [1.54, 1.807) is 0 Å². The smallest absolute Gasteiger partial charge is 0.146 e. The molecule has 4 nitrogen and oxygen atoms in total. The van der Waals surface area contributed by atoms with Crippen LogP contribution in [0, 0.1) is 5.92 Å². The molecule has 2 fully saturated rings. The molecule has 0 aromatic heterocycles. The summed E-state index contributed by atoms with van der Waals surface area (Å²) in [6, 6.07) is 0.792. The Hall–Kier alpha value is -0.840. The van der Waals surface area contributed by atoms with E-state index < -0.39 is 0 Å². The molecule has 108 valence electrons. The zero-order valence-electron chi connectivity index (χ0n) is 11.8. The van der Waals surface area contributed by atoms with Gasteiger partial charge in [0.25, 0.3) is 0 Å². The molecule has 0 amide bonds. The Balaban J connectivity index is 1.60. The van der Waals surface area contributed by atoms with Gasteiger partial charge in [0.1, 0.15) is 11.0 Å². The highest BCUT2D eigenvalue weighted by Gasteiger charge is 2.38. The van der Waals surface area contributed by atoms with Gasteiger partial charge in [-0.05, 0) is 45.2 Å². The van der Waals surface area contributed by atoms with Crippen molar-refractivity contribution in [2.45, 2.75) is 51.1 Å². The molecular formula is C15H21ClN4. The van der Waals surface area contributed by atoms with E-state index in [-0.39, 0.29) is 0 Å². The van der Waals surface area contributed by atoms with Crippen molar-refractivity contribution in [2.75, 3.05) is 6.54 Å². The minimum atomic E-state index is 0.300. The minimum absolute atomic E-state index is 0.300. The van der Waals surface area contributed by atoms with Gasteiger partial charge in [-0.25, -0.2) is 15.4 Å². The van der Waals surface area contributed by atoms with Crippen molar-refractivity contribution >= 4 is 17.3 Å². The van der Waals surface area contributed by atoms with Crippen LogP contribution in [0.2, 0.25) is 0 Å². The lowest BCUT2D eigenvalue weighted by atomic mass is 9.98. The van der Waals surface area contributed by atoms with Gasteiger partial charge >= 0.3 is 0 Å². The van der Waals surface area contributed by atoms with E-state index in [1.165, 1.54) is 37.8 Å². The van der Waals surface area contributed by atoms with Gasteiger partial charge in [-0.15, -0.1) is 0 Å². The molecule has 0 bridgehead atoms. The van der Waals surface area contributed by atoms with Crippen molar-refractivity contribution in [1.82, 2.24) is 15.8 Å². The molecule has 3 aliphatic heterocycles. The Morgan fingerprint density at radius 2 is 2.15 bits per heavy atom. The van der Waals surface area contributed by atoms with Crippen LogP contribution in [-0.4, -0.2) is 29.3 Å². The van der Waals surface area contributed by atoms with Crippen molar-refractivity contribution in [2.24, 2.45) is 10.9 Å². The van der Waals surface area contributed by atoms with Crippen LogP contribution in [0.3, 0.4) is 0 Å². The lowest BCUT2D eigenvalue weighted by molar-refractivity contribution is 0.267. The monoisotopic (exact) mass is 292 g/mol. The first-order valence-electron chi connectivity index (χ1n) is 7.71. The van der Waals surface area contributed by atoms with Crippen LogP contribution < -0.4 is 10.7 Å². The molecule has 4 aliphatic rings. The fourth-order valence-electron chi connectivity index (χ4n) is 3.36. The third kappa shape index (κ3) is 2.10. The first kappa shape index (κ1) is 12.9. The number of hydrogen-bond donors (Lipinski definition) is 2. The highest BCUT2D eigenvalue weighted by molar-refractivity contribution is 6.32. The van der Waals surface area contributed by atoms with E-state index in [0.717, 1.165) is 23.1 Å². The molecule has 0 aromatic carbocycles. The van der Waals surface area contributed by atoms with Crippen LogP contribution >= 0.6 is 11.6 Å². The van der Waals surface area contributed by atoms with Gasteiger partial charge < -0.3 is 5.32 Å². The maximum Gasteiger partial charge on any atom is 0.146 e. The largest absolute Gasteiger partial charge is 0.312 e. The highest BCUT2D eigenvalue weighted by Crippen LogP contribution is 2.39. The number of rotatable bonds is 2. The molecule has 1 aliphatic carbocycles. The first-order chi connectivity index (χ1) is 9.74. The number of piperidine rings is 1. The first-order valence-corrected chi connectivity index (χ1v) is 8.08. The number of allylic oxidation sites excluding steroid dienone is 1. The van der Waals surface area contributed by atoms with Gasteiger partial charge in [0.2, 0.25) is 0 Å². The standard InChI is InChI=1S/C15H21ClN4/c1-9-14(10-5-6-10)18-13-8-12(19-20(13)15(9)16)11-4-2-3-7-17-11/h8,10-12,17,19H,2-7H2,1H3. The second-order valence-electron chi connectivity index (χ2n) is 6.26. The van der Waals surface area contributed by atoms with Crippen LogP contribution in [0.1, 0.15) is 39.0 Å². The number of fused-ring (bicyclic) bond motifs is 1. The summed E-state index contributed by atoms with van der Waals surface area (Å²) in [5, 5.41) is 6.36. The average Bonchev–Trinajstić information content (AvgIpc) is 3.23. The van der Waals surface area contributed by atoms with Crippen molar-refractivity contribution < 1.29 is 0 Å². The van der Waals surface area contributed by atoms with E-state index >= 15 is 0 Å². The Morgan fingerprint density at radius 1 is 1.30 bits per heavy atom. The van der Waals surface area contributed by atoms with Crippen LogP contribution in [-0.2, 0) is 0 Å². The Kier molecular flexibility index (Phi) is 3.13. The summed E-state index contributed by atoms with van der Waals surface area (Å²) in [6.07, 6.45) is 8.56. The third-order valence-electron chi connectivity index (χ3n) is 4.71. The molecule has 1 saturated heterocycles.